The lowest BCUT2D eigenvalue weighted by Crippen LogP contribution is -2.41. The average molecular weight is 423 g/mol. The Morgan fingerprint density at radius 1 is 1.03 bits per heavy atom. The molecule has 2 aromatic carbocycles. The Morgan fingerprint density at radius 2 is 1.87 bits per heavy atom. The molecule has 0 fully saturated rings. The summed E-state index contributed by atoms with van der Waals surface area (Å²) in [7, 11) is 1.72. The minimum absolute atomic E-state index is 0.118. The number of guanidine groups is 1. The van der Waals surface area contributed by atoms with Crippen molar-refractivity contribution >= 4 is 5.96 Å². The Labute approximate surface area is 182 Å². The van der Waals surface area contributed by atoms with Crippen LogP contribution in [0, 0.1) is 5.82 Å². The summed E-state index contributed by atoms with van der Waals surface area (Å²) in [5, 5.41) is 6.51. The van der Waals surface area contributed by atoms with Gasteiger partial charge in [0.2, 0.25) is 0 Å². The first-order chi connectivity index (χ1) is 15.1. The zero-order valence-corrected chi connectivity index (χ0v) is 17.7. The summed E-state index contributed by atoms with van der Waals surface area (Å²) in [6.45, 7) is 3.50. The first-order valence-corrected chi connectivity index (χ1v) is 10.1. The van der Waals surface area contributed by atoms with Gasteiger partial charge in [0.05, 0.1) is 12.2 Å². The van der Waals surface area contributed by atoms with Gasteiger partial charge in [-0.3, -0.25) is 9.98 Å². The number of nitrogens with one attached hydrogen (secondary N) is 2. The van der Waals surface area contributed by atoms with Gasteiger partial charge in [0.25, 0.3) is 0 Å². The Bertz CT molecular complexity index is 965. The van der Waals surface area contributed by atoms with Crippen LogP contribution in [-0.4, -0.2) is 30.6 Å². The average Bonchev–Trinajstić information content (AvgIpc) is 2.80. The van der Waals surface area contributed by atoms with E-state index in [1.165, 1.54) is 12.1 Å². The second kappa shape index (κ2) is 11.5. The van der Waals surface area contributed by atoms with Gasteiger partial charge in [-0.05, 0) is 61.0 Å². The molecule has 0 aliphatic rings. The largest absolute Gasteiger partial charge is 0.489 e. The van der Waals surface area contributed by atoms with Gasteiger partial charge in [0.15, 0.2) is 5.96 Å². The fourth-order valence-corrected chi connectivity index (χ4v) is 2.82. The Balaban J connectivity index is 1.44. The van der Waals surface area contributed by atoms with E-state index in [0.717, 1.165) is 17.0 Å². The van der Waals surface area contributed by atoms with Gasteiger partial charge >= 0.3 is 0 Å². The van der Waals surface area contributed by atoms with E-state index in [-0.39, 0.29) is 11.9 Å². The second-order valence-corrected chi connectivity index (χ2v) is 6.95. The summed E-state index contributed by atoms with van der Waals surface area (Å²) in [6, 6.07) is 19.6. The number of aromatic nitrogens is 1. The Kier molecular flexibility index (Phi) is 8.22. The van der Waals surface area contributed by atoms with Crippen molar-refractivity contribution in [2.45, 2.75) is 26.2 Å². The smallest absolute Gasteiger partial charge is 0.191 e. The molecule has 0 aliphatic heterocycles. The molecular formula is C24H27FN4O2. The van der Waals surface area contributed by atoms with Crippen molar-refractivity contribution in [2.75, 3.05) is 13.6 Å². The molecule has 3 rings (SSSR count). The molecule has 0 radical (unpaired) electrons. The van der Waals surface area contributed by atoms with Gasteiger partial charge in [-0.15, -0.1) is 0 Å². The molecule has 0 aliphatic carbocycles. The molecule has 31 heavy (non-hydrogen) atoms. The van der Waals surface area contributed by atoms with E-state index in [4.69, 9.17) is 9.47 Å². The lowest BCUT2D eigenvalue weighted by molar-refractivity contribution is 0.223. The molecule has 1 aromatic heterocycles. The van der Waals surface area contributed by atoms with Crippen molar-refractivity contribution in [3.8, 4) is 11.5 Å². The normalized spacial score (nSPS) is 12.2. The van der Waals surface area contributed by atoms with Gasteiger partial charge in [-0.2, -0.15) is 0 Å². The van der Waals surface area contributed by atoms with Crippen molar-refractivity contribution in [3.05, 3.63) is 90.0 Å². The Hall–Kier alpha value is -3.61. The minimum atomic E-state index is -0.283. The number of ether oxygens (including phenoxy) is 2. The molecule has 7 heteroatoms. The zero-order valence-electron chi connectivity index (χ0n) is 17.7. The van der Waals surface area contributed by atoms with Gasteiger partial charge in [-0.1, -0.05) is 18.2 Å². The molecule has 0 bridgehead atoms. The highest BCUT2D eigenvalue weighted by molar-refractivity contribution is 5.79. The number of nitrogens with zero attached hydrogens (tertiary/aromatic N) is 2. The van der Waals surface area contributed by atoms with E-state index >= 15 is 0 Å². The predicted molar refractivity (Wildman–Crippen MR) is 120 cm³/mol. The van der Waals surface area contributed by atoms with Gasteiger partial charge in [0.1, 0.15) is 30.0 Å². The number of rotatable bonds is 9. The fourth-order valence-electron chi connectivity index (χ4n) is 2.82. The maximum Gasteiger partial charge on any atom is 0.191 e. The van der Waals surface area contributed by atoms with Crippen LogP contribution in [0.2, 0.25) is 0 Å². The molecule has 3 aromatic rings. The van der Waals surface area contributed by atoms with Crippen LogP contribution in [0.3, 0.4) is 0 Å². The molecule has 0 amide bonds. The monoisotopic (exact) mass is 422 g/mol. The molecule has 0 saturated heterocycles. The number of benzene rings is 2. The van der Waals surface area contributed by atoms with E-state index in [0.29, 0.717) is 31.4 Å². The highest BCUT2D eigenvalue weighted by atomic mass is 19.1. The fraction of sp³-hybridized carbons (Fsp3) is 0.250. The van der Waals surface area contributed by atoms with Gasteiger partial charge < -0.3 is 20.1 Å². The van der Waals surface area contributed by atoms with E-state index < -0.39 is 0 Å². The van der Waals surface area contributed by atoms with E-state index in [2.05, 4.69) is 20.6 Å². The Morgan fingerprint density at radius 3 is 2.61 bits per heavy atom. The molecule has 2 N–H and O–H groups in total. The molecule has 162 valence electrons. The summed E-state index contributed by atoms with van der Waals surface area (Å²) in [6.07, 6.45) is 1.63. The number of pyridine rings is 1. The van der Waals surface area contributed by atoms with Gasteiger partial charge in [-0.25, -0.2) is 4.39 Å². The van der Waals surface area contributed by atoms with Crippen molar-refractivity contribution in [1.82, 2.24) is 15.6 Å². The molecule has 0 saturated carbocycles. The quantitative estimate of drug-likeness (QED) is 0.404. The summed E-state index contributed by atoms with van der Waals surface area (Å²) in [5.74, 6) is 1.79. The maximum atomic E-state index is 13.0. The van der Waals surface area contributed by atoms with Crippen LogP contribution in [0.4, 0.5) is 4.39 Å². The SMILES string of the molecule is CN=C(NCc1cccc(OCc2ccccn2)c1)NCC(C)Oc1ccc(F)cc1. The van der Waals surface area contributed by atoms with Gasteiger partial charge in [0, 0.05) is 19.8 Å². The summed E-state index contributed by atoms with van der Waals surface area (Å²) < 4.78 is 24.6. The zero-order chi connectivity index (χ0) is 21.9. The molecule has 0 spiro atoms. The third kappa shape index (κ3) is 7.62. The first-order valence-electron chi connectivity index (χ1n) is 10.1. The third-order valence-corrected chi connectivity index (χ3v) is 4.40. The topological polar surface area (TPSA) is 67.8 Å². The highest BCUT2D eigenvalue weighted by Crippen LogP contribution is 2.15. The van der Waals surface area contributed by atoms with Crippen LogP contribution in [0.1, 0.15) is 18.2 Å². The van der Waals surface area contributed by atoms with Crippen LogP contribution in [0.25, 0.3) is 0 Å². The second-order valence-electron chi connectivity index (χ2n) is 6.95. The molecular weight excluding hydrogens is 395 g/mol. The highest BCUT2D eigenvalue weighted by Gasteiger charge is 2.07. The minimum Gasteiger partial charge on any atom is -0.489 e. The van der Waals surface area contributed by atoms with E-state index in [1.54, 1.807) is 25.4 Å². The van der Waals surface area contributed by atoms with Crippen molar-refractivity contribution < 1.29 is 13.9 Å². The molecule has 6 nitrogen and oxygen atoms in total. The molecule has 1 atom stereocenters. The summed E-state index contributed by atoms with van der Waals surface area (Å²) >= 11 is 0. The van der Waals surface area contributed by atoms with Crippen LogP contribution in [-0.2, 0) is 13.2 Å². The standard InChI is InChI=1S/C24H27FN4O2/c1-18(31-22-11-9-20(25)10-12-22)15-28-24(26-2)29-16-19-6-5-8-23(14-19)30-17-21-7-3-4-13-27-21/h3-14,18H,15-17H2,1-2H3,(H2,26,28,29). The van der Waals surface area contributed by atoms with Crippen molar-refractivity contribution in [1.29, 1.82) is 0 Å². The van der Waals surface area contributed by atoms with E-state index in [9.17, 15) is 4.39 Å². The van der Waals surface area contributed by atoms with Crippen LogP contribution in [0.5, 0.6) is 11.5 Å². The lowest BCUT2D eigenvalue weighted by atomic mass is 10.2. The predicted octanol–water partition coefficient (Wildman–Crippen LogP) is 3.93. The van der Waals surface area contributed by atoms with Crippen LogP contribution in [0.15, 0.2) is 77.9 Å². The number of aliphatic imine (C=N–C) groups is 1. The maximum absolute atomic E-state index is 13.0. The lowest BCUT2D eigenvalue weighted by Gasteiger charge is -2.18. The third-order valence-electron chi connectivity index (χ3n) is 4.40. The number of halogens is 1. The summed E-state index contributed by atoms with van der Waals surface area (Å²) in [5.41, 5.74) is 1.95. The van der Waals surface area contributed by atoms with Crippen molar-refractivity contribution in [2.24, 2.45) is 4.99 Å². The van der Waals surface area contributed by atoms with Crippen LogP contribution >= 0.6 is 0 Å². The molecule has 1 heterocycles. The number of hydrogen-bond donors (Lipinski definition) is 2. The van der Waals surface area contributed by atoms with Crippen molar-refractivity contribution in [3.63, 3.8) is 0 Å². The number of hydrogen-bond acceptors (Lipinski definition) is 4. The molecule has 1 unspecified atom stereocenters. The first kappa shape index (κ1) is 22.1. The van der Waals surface area contributed by atoms with E-state index in [1.807, 2.05) is 49.4 Å². The summed E-state index contributed by atoms with van der Waals surface area (Å²) in [4.78, 5) is 8.51. The van der Waals surface area contributed by atoms with Crippen LogP contribution < -0.4 is 20.1 Å².